The minimum absolute atomic E-state index is 0.282. The molecule has 0 aliphatic heterocycles. The van der Waals surface area contributed by atoms with Gasteiger partial charge in [-0.15, -0.1) is 0 Å². The van der Waals surface area contributed by atoms with E-state index in [1.807, 2.05) is 11.6 Å². The number of nitrogens with zero attached hydrogens (tertiary/aromatic N) is 2. The van der Waals surface area contributed by atoms with Crippen molar-refractivity contribution in [3.63, 3.8) is 0 Å². The Morgan fingerprint density at radius 3 is 2.75 bits per heavy atom. The maximum Gasteiger partial charge on any atom is 0.0814 e. The smallest absolute Gasteiger partial charge is 0.0814 e. The molecular weight excluding hydrogens is 224 g/mol. The van der Waals surface area contributed by atoms with Crippen LogP contribution < -0.4 is 0 Å². The highest BCUT2D eigenvalue weighted by atomic mass is 35.5. The van der Waals surface area contributed by atoms with Crippen LogP contribution in [0.15, 0.2) is 6.20 Å². The number of hydrogen-bond donors (Lipinski definition) is 1. The topological polar surface area (TPSA) is 38.0 Å². The fourth-order valence-electron chi connectivity index (χ4n) is 2.45. The lowest BCUT2D eigenvalue weighted by atomic mass is 9.85. The summed E-state index contributed by atoms with van der Waals surface area (Å²) in [5, 5.41) is 15.0. The predicted molar refractivity (Wildman–Crippen MR) is 64.6 cm³/mol. The molecule has 3 nitrogen and oxygen atoms in total. The third-order valence-electron chi connectivity index (χ3n) is 3.60. The molecule has 0 bridgehead atoms. The zero-order valence-corrected chi connectivity index (χ0v) is 10.5. The van der Waals surface area contributed by atoms with Crippen molar-refractivity contribution in [3.05, 3.63) is 16.9 Å². The van der Waals surface area contributed by atoms with Gasteiger partial charge in [-0.2, -0.15) is 5.10 Å². The summed E-state index contributed by atoms with van der Waals surface area (Å²) in [6.07, 6.45) is 7.47. The van der Waals surface area contributed by atoms with E-state index >= 15 is 0 Å². The van der Waals surface area contributed by atoms with Crippen molar-refractivity contribution >= 4 is 11.6 Å². The summed E-state index contributed by atoms with van der Waals surface area (Å²) >= 11 is 5.93. The van der Waals surface area contributed by atoms with Gasteiger partial charge in [0.15, 0.2) is 0 Å². The molecule has 2 rings (SSSR count). The number of rotatable bonds is 3. The van der Waals surface area contributed by atoms with Crippen LogP contribution in [-0.2, 0) is 6.54 Å². The third-order valence-corrected chi connectivity index (χ3v) is 3.97. The van der Waals surface area contributed by atoms with Gasteiger partial charge in [-0.25, -0.2) is 0 Å². The van der Waals surface area contributed by atoms with Crippen LogP contribution in [0.1, 0.15) is 37.8 Å². The Kier molecular flexibility index (Phi) is 3.87. The number of aliphatic hydroxyl groups excluding tert-OH is 1. The molecular formula is C12H19ClN2O. The van der Waals surface area contributed by atoms with Crippen molar-refractivity contribution in [3.8, 4) is 0 Å². The van der Waals surface area contributed by atoms with E-state index in [2.05, 4.69) is 5.10 Å². The number of aromatic nitrogens is 2. The second-order valence-electron chi connectivity index (χ2n) is 4.73. The fourth-order valence-corrected chi connectivity index (χ4v) is 2.59. The SMILES string of the molecule is Cc1c(Cl)cnn1CC(O)C1CCCCC1. The van der Waals surface area contributed by atoms with Crippen LogP contribution >= 0.6 is 11.6 Å². The van der Waals surface area contributed by atoms with Gasteiger partial charge in [-0.3, -0.25) is 4.68 Å². The van der Waals surface area contributed by atoms with Gasteiger partial charge in [0.05, 0.1) is 29.6 Å². The Labute approximate surface area is 101 Å². The first-order chi connectivity index (χ1) is 7.68. The van der Waals surface area contributed by atoms with Crippen molar-refractivity contribution < 1.29 is 5.11 Å². The molecule has 0 radical (unpaired) electrons. The van der Waals surface area contributed by atoms with E-state index in [0.717, 1.165) is 18.5 Å². The van der Waals surface area contributed by atoms with Gasteiger partial charge in [-0.05, 0) is 25.7 Å². The van der Waals surface area contributed by atoms with Gasteiger partial charge >= 0.3 is 0 Å². The van der Waals surface area contributed by atoms with E-state index in [4.69, 9.17) is 11.6 Å². The lowest BCUT2D eigenvalue weighted by molar-refractivity contribution is 0.0659. The molecule has 1 atom stereocenters. The van der Waals surface area contributed by atoms with Crippen molar-refractivity contribution in [1.82, 2.24) is 9.78 Å². The summed E-state index contributed by atoms with van der Waals surface area (Å²) in [6, 6.07) is 0. The van der Waals surface area contributed by atoms with Gasteiger partial charge < -0.3 is 5.11 Å². The maximum atomic E-state index is 10.2. The molecule has 1 heterocycles. The van der Waals surface area contributed by atoms with Crippen LogP contribution in [0.5, 0.6) is 0 Å². The summed E-state index contributed by atoms with van der Waals surface area (Å²) in [4.78, 5) is 0. The van der Waals surface area contributed by atoms with Gasteiger partial charge in [0.25, 0.3) is 0 Å². The molecule has 1 aromatic rings. The van der Waals surface area contributed by atoms with Crippen LogP contribution in [0.2, 0.25) is 5.02 Å². The number of hydrogen-bond acceptors (Lipinski definition) is 2. The highest BCUT2D eigenvalue weighted by molar-refractivity contribution is 6.31. The average molecular weight is 243 g/mol. The molecule has 0 aromatic carbocycles. The van der Waals surface area contributed by atoms with Gasteiger partial charge in [0, 0.05) is 0 Å². The minimum atomic E-state index is -0.282. The predicted octanol–water partition coefficient (Wildman–Crippen LogP) is 2.79. The zero-order valence-electron chi connectivity index (χ0n) is 9.69. The first kappa shape index (κ1) is 11.9. The molecule has 4 heteroatoms. The van der Waals surface area contributed by atoms with E-state index in [9.17, 15) is 5.11 Å². The molecule has 0 amide bonds. The molecule has 1 aliphatic rings. The molecule has 0 saturated heterocycles. The molecule has 1 aromatic heterocycles. The Bertz CT molecular complexity index is 345. The second kappa shape index (κ2) is 5.19. The van der Waals surface area contributed by atoms with E-state index in [1.54, 1.807) is 6.20 Å². The molecule has 1 N–H and O–H groups in total. The fraction of sp³-hybridized carbons (Fsp3) is 0.750. The normalized spacial score (nSPS) is 19.9. The molecule has 0 spiro atoms. The van der Waals surface area contributed by atoms with Crippen molar-refractivity contribution in [2.45, 2.75) is 51.7 Å². The highest BCUT2D eigenvalue weighted by Gasteiger charge is 2.22. The van der Waals surface area contributed by atoms with Crippen molar-refractivity contribution in [2.24, 2.45) is 5.92 Å². The van der Waals surface area contributed by atoms with E-state index in [-0.39, 0.29) is 6.10 Å². The van der Waals surface area contributed by atoms with Crippen LogP contribution in [0.3, 0.4) is 0 Å². The first-order valence-electron chi connectivity index (χ1n) is 6.04. The van der Waals surface area contributed by atoms with E-state index in [1.165, 1.54) is 19.3 Å². The second-order valence-corrected chi connectivity index (χ2v) is 5.13. The Balaban J connectivity index is 1.95. The van der Waals surface area contributed by atoms with Gasteiger partial charge in [0.1, 0.15) is 0 Å². The van der Waals surface area contributed by atoms with Crippen LogP contribution in [0, 0.1) is 12.8 Å². The van der Waals surface area contributed by atoms with Gasteiger partial charge in [0.2, 0.25) is 0 Å². The summed E-state index contributed by atoms with van der Waals surface area (Å²) in [6.45, 7) is 2.51. The van der Waals surface area contributed by atoms with Crippen LogP contribution in [0.25, 0.3) is 0 Å². The van der Waals surface area contributed by atoms with E-state index < -0.39 is 0 Å². The number of halogens is 1. The van der Waals surface area contributed by atoms with E-state index in [0.29, 0.717) is 17.5 Å². The minimum Gasteiger partial charge on any atom is -0.391 e. The lowest BCUT2D eigenvalue weighted by Crippen LogP contribution is -2.28. The molecule has 1 aliphatic carbocycles. The largest absolute Gasteiger partial charge is 0.391 e. The quantitative estimate of drug-likeness (QED) is 0.885. The van der Waals surface area contributed by atoms with Crippen LogP contribution in [-0.4, -0.2) is 21.0 Å². The lowest BCUT2D eigenvalue weighted by Gasteiger charge is -2.26. The summed E-state index contributed by atoms with van der Waals surface area (Å²) in [5.74, 6) is 0.441. The Morgan fingerprint density at radius 1 is 1.50 bits per heavy atom. The zero-order chi connectivity index (χ0) is 11.5. The summed E-state index contributed by atoms with van der Waals surface area (Å²) in [7, 11) is 0. The van der Waals surface area contributed by atoms with Crippen LogP contribution in [0.4, 0.5) is 0 Å². The molecule has 1 saturated carbocycles. The molecule has 16 heavy (non-hydrogen) atoms. The number of aliphatic hydroxyl groups is 1. The van der Waals surface area contributed by atoms with Crippen molar-refractivity contribution in [1.29, 1.82) is 0 Å². The Hall–Kier alpha value is -0.540. The summed E-state index contributed by atoms with van der Waals surface area (Å²) < 4.78 is 1.81. The summed E-state index contributed by atoms with van der Waals surface area (Å²) in [5.41, 5.74) is 0.941. The Morgan fingerprint density at radius 2 is 2.19 bits per heavy atom. The average Bonchev–Trinajstić information content (AvgIpc) is 2.62. The highest BCUT2D eigenvalue weighted by Crippen LogP contribution is 2.27. The third kappa shape index (κ3) is 2.58. The van der Waals surface area contributed by atoms with Crippen molar-refractivity contribution in [2.75, 3.05) is 0 Å². The molecule has 1 fully saturated rings. The maximum absolute atomic E-state index is 10.2. The first-order valence-corrected chi connectivity index (χ1v) is 6.42. The standard InChI is InChI=1S/C12H19ClN2O/c1-9-11(13)7-14-15(9)8-12(16)10-5-3-2-4-6-10/h7,10,12,16H,2-6,8H2,1H3. The monoisotopic (exact) mass is 242 g/mol. The van der Waals surface area contributed by atoms with Gasteiger partial charge in [-0.1, -0.05) is 30.9 Å². The molecule has 90 valence electrons. The molecule has 1 unspecified atom stereocenters.